The quantitative estimate of drug-likeness (QED) is 0.766. The SMILES string of the molecule is O=C(CS(=O)Cc1ccc2oc3ccccc3c2c1)N1CCC(O)CC1. The highest BCUT2D eigenvalue weighted by atomic mass is 32.2. The summed E-state index contributed by atoms with van der Waals surface area (Å²) in [6.07, 6.45) is 0.881. The van der Waals surface area contributed by atoms with Crippen molar-refractivity contribution < 1.29 is 18.5 Å². The third-order valence-electron chi connectivity index (χ3n) is 4.87. The zero-order chi connectivity index (χ0) is 18.1. The van der Waals surface area contributed by atoms with Gasteiger partial charge in [0, 0.05) is 40.4 Å². The second-order valence-corrected chi connectivity index (χ2v) is 8.23. The molecule has 1 aromatic heterocycles. The van der Waals surface area contributed by atoms with Crippen LogP contribution in [0.1, 0.15) is 18.4 Å². The fourth-order valence-electron chi connectivity index (χ4n) is 3.44. The molecule has 6 heteroatoms. The number of piperidine rings is 1. The fraction of sp³-hybridized carbons (Fsp3) is 0.350. The summed E-state index contributed by atoms with van der Waals surface area (Å²) in [5.74, 6) is 0.280. The molecule has 1 atom stereocenters. The number of likely N-dealkylation sites (tertiary alicyclic amines) is 1. The molecule has 26 heavy (non-hydrogen) atoms. The van der Waals surface area contributed by atoms with Crippen LogP contribution in [0.3, 0.4) is 0 Å². The lowest BCUT2D eigenvalue weighted by Gasteiger charge is -2.29. The molecule has 0 radical (unpaired) electrons. The fourth-order valence-corrected chi connectivity index (χ4v) is 4.56. The van der Waals surface area contributed by atoms with E-state index in [0.717, 1.165) is 27.5 Å². The largest absolute Gasteiger partial charge is 0.456 e. The minimum Gasteiger partial charge on any atom is -0.456 e. The van der Waals surface area contributed by atoms with Crippen LogP contribution in [-0.2, 0) is 21.3 Å². The molecular formula is C20H21NO4S. The van der Waals surface area contributed by atoms with Gasteiger partial charge in [0.1, 0.15) is 16.9 Å². The molecule has 5 nitrogen and oxygen atoms in total. The molecule has 1 aliphatic heterocycles. The van der Waals surface area contributed by atoms with Crippen LogP contribution < -0.4 is 0 Å². The smallest absolute Gasteiger partial charge is 0.235 e. The van der Waals surface area contributed by atoms with Gasteiger partial charge < -0.3 is 14.4 Å². The Hall–Kier alpha value is -2.18. The van der Waals surface area contributed by atoms with E-state index in [1.165, 1.54) is 0 Å². The lowest BCUT2D eigenvalue weighted by molar-refractivity contribution is -0.130. The summed E-state index contributed by atoms with van der Waals surface area (Å²) in [6, 6.07) is 13.7. The molecule has 1 fully saturated rings. The van der Waals surface area contributed by atoms with Crippen LogP contribution >= 0.6 is 0 Å². The standard InChI is InChI=1S/C20H21NO4S/c22-15-7-9-21(10-8-15)20(23)13-26(24)12-14-5-6-19-17(11-14)16-3-1-2-4-18(16)25-19/h1-6,11,15,22H,7-10,12-13H2. The number of benzene rings is 2. The number of hydrogen-bond acceptors (Lipinski definition) is 4. The van der Waals surface area contributed by atoms with Crippen molar-refractivity contribution in [3.8, 4) is 0 Å². The average molecular weight is 371 g/mol. The van der Waals surface area contributed by atoms with Gasteiger partial charge in [-0.1, -0.05) is 24.3 Å². The van der Waals surface area contributed by atoms with Gasteiger partial charge in [-0.25, -0.2) is 0 Å². The molecule has 1 aliphatic rings. The number of para-hydroxylation sites is 1. The number of rotatable bonds is 4. The summed E-state index contributed by atoms with van der Waals surface area (Å²) >= 11 is 0. The van der Waals surface area contributed by atoms with Crippen molar-refractivity contribution in [1.82, 2.24) is 4.90 Å². The van der Waals surface area contributed by atoms with E-state index in [-0.39, 0.29) is 17.8 Å². The van der Waals surface area contributed by atoms with Crippen LogP contribution in [0.15, 0.2) is 46.9 Å². The van der Waals surface area contributed by atoms with Crippen LogP contribution in [0.25, 0.3) is 21.9 Å². The summed E-state index contributed by atoms with van der Waals surface area (Å²) in [7, 11) is -1.26. The summed E-state index contributed by atoms with van der Waals surface area (Å²) in [5.41, 5.74) is 2.58. The van der Waals surface area contributed by atoms with Gasteiger partial charge in [-0.05, 0) is 36.6 Å². The molecule has 0 saturated carbocycles. The zero-order valence-corrected chi connectivity index (χ0v) is 15.2. The number of furan rings is 1. The first-order chi connectivity index (χ1) is 12.6. The van der Waals surface area contributed by atoms with Crippen LogP contribution in [0, 0.1) is 0 Å². The van der Waals surface area contributed by atoms with Gasteiger partial charge in [-0.2, -0.15) is 0 Å². The van der Waals surface area contributed by atoms with Crippen LogP contribution in [0.5, 0.6) is 0 Å². The molecule has 0 spiro atoms. The second-order valence-electron chi connectivity index (χ2n) is 6.77. The summed E-state index contributed by atoms with van der Waals surface area (Å²) in [6.45, 7) is 1.09. The van der Waals surface area contributed by atoms with E-state index < -0.39 is 10.8 Å². The zero-order valence-electron chi connectivity index (χ0n) is 14.4. The maximum Gasteiger partial charge on any atom is 0.235 e. The van der Waals surface area contributed by atoms with E-state index in [0.29, 0.717) is 31.7 Å². The van der Waals surface area contributed by atoms with Gasteiger partial charge in [0.2, 0.25) is 5.91 Å². The Morgan fingerprint density at radius 1 is 1.12 bits per heavy atom. The molecule has 1 N–H and O–H groups in total. The highest BCUT2D eigenvalue weighted by molar-refractivity contribution is 7.84. The molecule has 0 aliphatic carbocycles. The van der Waals surface area contributed by atoms with E-state index in [1.807, 2.05) is 42.5 Å². The minimum absolute atomic E-state index is 0.0280. The van der Waals surface area contributed by atoms with Gasteiger partial charge in [0.05, 0.1) is 6.10 Å². The van der Waals surface area contributed by atoms with Gasteiger partial charge in [0.15, 0.2) is 0 Å². The number of nitrogens with zero attached hydrogens (tertiary/aromatic N) is 1. The van der Waals surface area contributed by atoms with E-state index >= 15 is 0 Å². The van der Waals surface area contributed by atoms with Crippen LogP contribution in [-0.4, -0.2) is 45.1 Å². The van der Waals surface area contributed by atoms with Crippen molar-refractivity contribution >= 4 is 38.6 Å². The van der Waals surface area contributed by atoms with Crippen molar-refractivity contribution in [2.75, 3.05) is 18.8 Å². The molecule has 1 unspecified atom stereocenters. The van der Waals surface area contributed by atoms with Crippen LogP contribution in [0.2, 0.25) is 0 Å². The Morgan fingerprint density at radius 3 is 2.65 bits per heavy atom. The van der Waals surface area contributed by atoms with Gasteiger partial charge in [0.25, 0.3) is 0 Å². The number of carbonyl (C=O) groups is 1. The predicted molar refractivity (Wildman–Crippen MR) is 102 cm³/mol. The Morgan fingerprint density at radius 2 is 1.85 bits per heavy atom. The molecule has 136 valence electrons. The Bertz CT molecular complexity index is 972. The third kappa shape index (κ3) is 3.52. The maximum absolute atomic E-state index is 12.5. The van der Waals surface area contributed by atoms with Gasteiger partial charge in [-0.15, -0.1) is 0 Å². The molecular weight excluding hydrogens is 350 g/mol. The average Bonchev–Trinajstić information content (AvgIpc) is 3.00. The van der Waals surface area contributed by atoms with Gasteiger partial charge in [-0.3, -0.25) is 9.00 Å². The van der Waals surface area contributed by atoms with Crippen LogP contribution in [0.4, 0.5) is 0 Å². The number of amides is 1. The number of aliphatic hydroxyl groups is 1. The maximum atomic E-state index is 12.5. The number of carbonyl (C=O) groups excluding carboxylic acids is 1. The monoisotopic (exact) mass is 371 g/mol. The molecule has 1 amide bonds. The van der Waals surface area contributed by atoms with Crippen molar-refractivity contribution in [1.29, 1.82) is 0 Å². The first-order valence-corrected chi connectivity index (χ1v) is 10.3. The molecule has 4 rings (SSSR count). The number of fused-ring (bicyclic) bond motifs is 3. The molecule has 2 aromatic carbocycles. The number of aliphatic hydroxyl groups excluding tert-OH is 1. The number of hydrogen-bond donors (Lipinski definition) is 1. The van der Waals surface area contributed by atoms with Crippen molar-refractivity contribution in [2.45, 2.75) is 24.7 Å². The lowest BCUT2D eigenvalue weighted by atomic mass is 10.1. The van der Waals surface area contributed by atoms with Crippen molar-refractivity contribution in [3.63, 3.8) is 0 Å². The summed E-state index contributed by atoms with van der Waals surface area (Å²) in [5, 5.41) is 11.6. The Balaban J connectivity index is 1.45. The molecule has 1 saturated heterocycles. The lowest BCUT2D eigenvalue weighted by Crippen LogP contribution is -2.42. The Kier molecular flexibility index (Phi) is 4.78. The van der Waals surface area contributed by atoms with E-state index in [1.54, 1.807) is 4.90 Å². The first kappa shape index (κ1) is 17.2. The topological polar surface area (TPSA) is 70.8 Å². The minimum atomic E-state index is -1.26. The third-order valence-corrected chi connectivity index (χ3v) is 6.09. The Labute approximate surface area is 154 Å². The van der Waals surface area contributed by atoms with Gasteiger partial charge >= 0.3 is 0 Å². The van der Waals surface area contributed by atoms with E-state index in [4.69, 9.17) is 4.42 Å². The normalized spacial score (nSPS) is 17.0. The van der Waals surface area contributed by atoms with E-state index in [2.05, 4.69) is 0 Å². The van der Waals surface area contributed by atoms with Crippen molar-refractivity contribution in [2.24, 2.45) is 0 Å². The highest BCUT2D eigenvalue weighted by Crippen LogP contribution is 2.29. The molecule has 0 bridgehead atoms. The predicted octanol–water partition coefficient (Wildman–Crippen LogP) is 2.82. The summed E-state index contributed by atoms with van der Waals surface area (Å²) < 4.78 is 18.3. The summed E-state index contributed by atoms with van der Waals surface area (Å²) in [4.78, 5) is 14.0. The second kappa shape index (κ2) is 7.21. The van der Waals surface area contributed by atoms with E-state index in [9.17, 15) is 14.1 Å². The van der Waals surface area contributed by atoms with Crippen molar-refractivity contribution in [3.05, 3.63) is 48.0 Å². The molecule has 3 aromatic rings. The highest BCUT2D eigenvalue weighted by Gasteiger charge is 2.22. The first-order valence-electron chi connectivity index (χ1n) is 8.81. The molecule has 2 heterocycles.